The largest absolute Gasteiger partial charge is 0.455 e. The van der Waals surface area contributed by atoms with Crippen molar-refractivity contribution in [1.29, 1.82) is 0 Å². The molecule has 0 amide bonds. The minimum atomic E-state index is -0.557. The maximum atomic E-state index is 6.14. The van der Waals surface area contributed by atoms with E-state index in [0.29, 0.717) is 4.66 Å². The number of ether oxygens (including phenoxy) is 2. The summed E-state index contributed by atoms with van der Waals surface area (Å²) in [6, 6.07) is 2.48. The van der Waals surface area contributed by atoms with E-state index in [1.165, 1.54) is 12.1 Å². The normalized spacial score (nSPS) is 21.0. The molecule has 1 fully saturated rings. The van der Waals surface area contributed by atoms with Crippen LogP contribution in [0.1, 0.15) is 26.7 Å². The molecule has 16 heavy (non-hydrogen) atoms. The van der Waals surface area contributed by atoms with Crippen molar-refractivity contribution in [3.63, 3.8) is 0 Å². The van der Waals surface area contributed by atoms with Crippen LogP contribution in [0.4, 0.5) is 0 Å². The van der Waals surface area contributed by atoms with Gasteiger partial charge < -0.3 is 13.6 Å². The Hall–Kier alpha value is 0.314. The molecular formula is C11H24O3Si2. The summed E-state index contributed by atoms with van der Waals surface area (Å²) in [4.78, 5) is 0. The molecule has 0 bridgehead atoms. The molecule has 0 aromatic carbocycles. The molecule has 94 valence electrons. The zero-order chi connectivity index (χ0) is 12.0. The van der Waals surface area contributed by atoms with Gasteiger partial charge in [0, 0.05) is 32.1 Å². The Morgan fingerprint density at radius 3 is 1.69 bits per heavy atom. The molecule has 0 aromatic rings. The lowest BCUT2D eigenvalue weighted by atomic mass is 10.5. The van der Waals surface area contributed by atoms with Crippen LogP contribution in [-0.4, -0.2) is 45.5 Å². The lowest BCUT2D eigenvalue weighted by molar-refractivity contribution is 0.196. The lowest BCUT2D eigenvalue weighted by Gasteiger charge is -2.49. The highest BCUT2D eigenvalue weighted by atomic mass is 28.4. The zero-order valence-corrected chi connectivity index (χ0v) is 13.0. The van der Waals surface area contributed by atoms with Crippen LogP contribution < -0.4 is 0 Å². The SMILES string of the molecule is COCCC[Si]1O[Si](CCCOC)C1(C)C. The summed E-state index contributed by atoms with van der Waals surface area (Å²) in [5, 5.41) is 0. The summed E-state index contributed by atoms with van der Waals surface area (Å²) in [5.41, 5.74) is 0. The fraction of sp³-hybridized carbons (Fsp3) is 1.00. The Labute approximate surface area is 103 Å². The van der Waals surface area contributed by atoms with E-state index in [1.807, 2.05) is 0 Å². The van der Waals surface area contributed by atoms with Gasteiger partial charge in [-0.05, 0) is 24.9 Å². The molecule has 5 heteroatoms. The lowest BCUT2D eigenvalue weighted by Crippen LogP contribution is -2.58. The van der Waals surface area contributed by atoms with Crippen LogP contribution in [-0.2, 0) is 13.6 Å². The third-order valence-corrected chi connectivity index (χ3v) is 11.2. The maximum Gasteiger partial charge on any atom is 0.203 e. The predicted molar refractivity (Wildman–Crippen MR) is 69.2 cm³/mol. The van der Waals surface area contributed by atoms with Gasteiger partial charge >= 0.3 is 0 Å². The molecule has 1 aliphatic heterocycles. The summed E-state index contributed by atoms with van der Waals surface area (Å²) in [5.74, 6) is 0. The van der Waals surface area contributed by atoms with E-state index in [0.717, 1.165) is 26.1 Å². The molecule has 3 nitrogen and oxygen atoms in total. The van der Waals surface area contributed by atoms with Gasteiger partial charge in [-0.3, -0.25) is 0 Å². The van der Waals surface area contributed by atoms with Crippen LogP contribution in [0.2, 0.25) is 16.7 Å². The maximum absolute atomic E-state index is 6.14. The molecule has 0 saturated carbocycles. The van der Waals surface area contributed by atoms with Crippen LogP contribution in [0.25, 0.3) is 0 Å². The smallest absolute Gasteiger partial charge is 0.203 e. The van der Waals surface area contributed by atoms with Crippen molar-refractivity contribution in [2.75, 3.05) is 27.4 Å². The van der Waals surface area contributed by atoms with Crippen LogP contribution >= 0.6 is 0 Å². The van der Waals surface area contributed by atoms with Gasteiger partial charge in [0.05, 0.1) is 0 Å². The van der Waals surface area contributed by atoms with Crippen molar-refractivity contribution >= 4 is 18.1 Å². The van der Waals surface area contributed by atoms with E-state index in [9.17, 15) is 0 Å². The summed E-state index contributed by atoms with van der Waals surface area (Å²) in [6.07, 6.45) is 2.31. The van der Waals surface area contributed by atoms with Crippen molar-refractivity contribution in [2.45, 2.75) is 43.4 Å². The van der Waals surface area contributed by atoms with Gasteiger partial charge in [-0.15, -0.1) is 0 Å². The molecule has 2 radical (unpaired) electrons. The monoisotopic (exact) mass is 260 g/mol. The molecule has 0 unspecified atom stereocenters. The van der Waals surface area contributed by atoms with Gasteiger partial charge in [0.15, 0.2) is 0 Å². The van der Waals surface area contributed by atoms with E-state index in [2.05, 4.69) is 13.8 Å². The topological polar surface area (TPSA) is 27.7 Å². The molecule has 1 aliphatic rings. The fourth-order valence-electron chi connectivity index (χ4n) is 1.99. The second-order valence-electron chi connectivity index (χ2n) is 4.77. The standard InChI is InChI=1S/C11H24O3Si2/c1-11(2)15(9-5-7-12-3)14-16(11)10-6-8-13-4/h5-10H2,1-4H3. The van der Waals surface area contributed by atoms with E-state index in [1.54, 1.807) is 14.2 Å². The predicted octanol–water partition coefficient (Wildman–Crippen LogP) is 2.39. The molecule has 0 N–H and O–H groups in total. The van der Waals surface area contributed by atoms with Gasteiger partial charge in [0.25, 0.3) is 0 Å². The highest BCUT2D eigenvalue weighted by molar-refractivity contribution is 6.89. The Balaban J connectivity index is 2.18. The van der Waals surface area contributed by atoms with E-state index in [-0.39, 0.29) is 0 Å². The third kappa shape index (κ3) is 3.66. The minimum absolute atomic E-state index is 0.525. The van der Waals surface area contributed by atoms with Crippen LogP contribution in [0, 0.1) is 0 Å². The molecule has 0 aliphatic carbocycles. The minimum Gasteiger partial charge on any atom is -0.455 e. The van der Waals surface area contributed by atoms with Crippen LogP contribution in [0.5, 0.6) is 0 Å². The highest BCUT2D eigenvalue weighted by Gasteiger charge is 2.52. The molecule has 1 rings (SSSR count). The Kier molecular flexibility index (Phi) is 6.21. The van der Waals surface area contributed by atoms with Gasteiger partial charge in [-0.1, -0.05) is 13.8 Å². The first-order valence-corrected chi connectivity index (χ1v) is 9.24. The Morgan fingerprint density at radius 1 is 0.938 bits per heavy atom. The average Bonchev–Trinajstić information content (AvgIpc) is 2.26. The number of hydrogen-bond donors (Lipinski definition) is 0. The second-order valence-corrected chi connectivity index (χ2v) is 11.3. The molecular weight excluding hydrogens is 236 g/mol. The molecule has 0 spiro atoms. The van der Waals surface area contributed by atoms with E-state index in [4.69, 9.17) is 13.6 Å². The first-order valence-electron chi connectivity index (χ1n) is 6.01. The average molecular weight is 260 g/mol. The molecule has 0 aromatic heterocycles. The molecule has 0 atom stereocenters. The third-order valence-electron chi connectivity index (χ3n) is 3.15. The Bertz CT molecular complexity index is 182. The Morgan fingerprint density at radius 2 is 1.38 bits per heavy atom. The number of rotatable bonds is 8. The number of methoxy groups -OCH3 is 2. The summed E-state index contributed by atoms with van der Waals surface area (Å²) < 4.78 is 16.8. The van der Waals surface area contributed by atoms with Crippen LogP contribution in [0.3, 0.4) is 0 Å². The van der Waals surface area contributed by atoms with E-state index >= 15 is 0 Å². The first kappa shape index (κ1) is 14.4. The summed E-state index contributed by atoms with van der Waals surface area (Å²) in [7, 11) is 2.42. The number of hydrogen-bond acceptors (Lipinski definition) is 3. The highest BCUT2D eigenvalue weighted by Crippen LogP contribution is 2.46. The van der Waals surface area contributed by atoms with Crippen molar-refractivity contribution < 1.29 is 13.6 Å². The quantitative estimate of drug-likeness (QED) is 0.495. The van der Waals surface area contributed by atoms with Gasteiger partial charge in [-0.25, -0.2) is 0 Å². The van der Waals surface area contributed by atoms with Gasteiger partial charge in [-0.2, -0.15) is 0 Å². The second kappa shape index (κ2) is 6.91. The van der Waals surface area contributed by atoms with Crippen molar-refractivity contribution in [3.05, 3.63) is 0 Å². The zero-order valence-electron chi connectivity index (χ0n) is 11.0. The van der Waals surface area contributed by atoms with Crippen molar-refractivity contribution in [3.8, 4) is 0 Å². The summed E-state index contributed by atoms with van der Waals surface area (Å²) in [6.45, 7) is 6.55. The first-order chi connectivity index (χ1) is 7.62. The van der Waals surface area contributed by atoms with Crippen molar-refractivity contribution in [2.24, 2.45) is 0 Å². The summed E-state index contributed by atoms with van der Waals surface area (Å²) >= 11 is 0. The fourth-order valence-corrected chi connectivity index (χ4v) is 9.85. The van der Waals surface area contributed by atoms with Gasteiger partial charge in [0.2, 0.25) is 18.1 Å². The van der Waals surface area contributed by atoms with Gasteiger partial charge in [0.1, 0.15) is 0 Å². The van der Waals surface area contributed by atoms with Crippen molar-refractivity contribution in [1.82, 2.24) is 0 Å². The molecule has 1 heterocycles. The molecule has 1 saturated heterocycles. The van der Waals surface area contributed by atoms with Crippen LogP contribution in [0.15, 0.2) is 0 Å². The van der Waals surface area contributed by atoms with E-state index < -0.39 is 18.1 Å².